The minimum atomic E-state index is -1.61. The SMILES string of the molecule is CCCCCCCCCCC/C=C/C(O)C(COC1OC(CO)C(O)C(O)C1O)NC(=O)C(O)CCCCCCCCCCCCCCCCCC/C=C\C/C=C\CCCCCCCCCCCCC. The average molecular weight is 993 g/mol. The van der Waals surface area contributed by atoms with Gasteiger partial charge in [0.15, 0.2) is 6.29 Å². The second-order valence-corrected chi connectivity index (χ2v) is 20.9. The molecule has 0 bridgehead atoms. The van der Waals surface area contributed by atoms with E-state index in [4.69, 9.17) is 9.47 Å². The number of carbonyl (C=O) groups excluding carboxylic acids is 1. The number of nitrogens with one attached hydrogen (secondary N) is 1. The number of carbonyl (C=O) groups is 1. The number of hydrogen-bond acceptors (Lipinski definition) is 9. The molecule has 8 unspecified atom stereocenters. The number of amides is 1. The molecule has 1 amide bonds. The molecule has 1 heterocycles. The van der Waals surface area contributed by atoms with Crippen LogP contribution in [-0.2, 0) is 14.3 Å². The molecule has 1 rings (SSSR count). The highest BCUT2D eigenvalue weighted by Gasteiger charge is 2.44. The van der Waals surface area contributed by atoms with Crippen molar-refractivity contribution in [2.45, 2.75) is 326 Å². The van der Waals surface area contributed by atoms with Crippen LogP contribution >= 0.6 is 0 Å². The van der Waals surface area contributed by atoms with Gasteiger partial charge in [-0.1, -0.05) is 262 Å². The number of aliphatic hydroxyl groups is 6. The van der Waals surface area contributed by atoms with Crippen LogP contribution in [0.25, 0.3) is 0 Å². The zero-order valence-electron chi connectivity index (χ0n) is 45.4. The Morgan fingerprint density at radius 2 is 0.871 bits per heavy atom. The highest BCUT2D eigenvalue weighted by Crippen LogP contribution is 2.23. The Labute approximate surface area is 430 Å². The molecular formula is C60H113NO9. The number of ether oxygens (including phenoxy) is 2. The lowest BCUT2D eigenvalue weighted by atomic mass is 9.99. The van der Waals surface area contributed by atoms with Crippen LogP contribution < -0.4 is 5.32 Å². The highest BCUT2D eigenvalue weighted by atomic mass is 16.7. The molecule has 1 aliphatic heterocycles. The minimum Gasteiger partial charge on any atom is -0.394 e. The molecule has 0 aromatic rings. The van der Waals surface area contributed by atoms with Gasteiger partial charge in [-0.05, 0) is 51.4 Å². The molecule has 412 valence electrons. The third-order valence-electron chi connectivity index (χ3n) is 14.3. The average Bonchev–Trinajstić information content (AvgIpc) is 3.36. The molecule has 10 nitrogen and oxygen atoms in total. The second-order valence-electron chi connectivity index (χ2n) is 20.9. The number of allylic oxidation sites excluding steroid dienone is 5. The number of rotatable bonds is 51. The van der Waals surface area contributed by atoms with E-state index < -0.39 is 61.5 Å². The van der Waals surface area contributed by atoms with Gasteiger partial charge in [-0.3, -0.25) is 4.79 Å². The van der Waals surface area contributed by atoms with E-state index in [1.807, 2.05) is 6.08 Å². The summed E-state index contributed by atoms with van der Waals surface area (Å²) in [4.78, 5) is 13.1. The van der Waals surface area contributed by atoms with Crippen LogP contribution in [0.3, 0.4) is 0 Å². The van der Waals surface area contributed by atoms with Crippen LogP contribution in [0.4, 0.5) is 0 Å². The van der Waals surface area contributed by atoms with Crippen LogP contribution in [0.5, 0.6) is 0 Å². The van der Waals surface area contributed by atoms with Crippen LogP contribution in [0.15, 0.2) is 36.5 Å². The van der Waals surface area contributed by atoms with Crippen molar-refractivity contribution in [1.82, 2.24) is 5.32 Å². The van der Waals surface area contributed by atoms with E-state index in [0.29, 0.717) is 6.42 Å². The van der Waals surface area contributed by atoms with Crippen molar-refractivity contribution in [3.8, 4) is 0 Å². The highest BCUT2D eigenvalue weighted by molar-refractivity contribution is 5.80. The van der Waals surface area contributed by atoms with Crippen molar-refractivity contribution in [1.29, 1.82) is 0 Å². The first-order valence-corrected chi connectivity index (χ1v) is 29.8. The summed E-state index contributed by atoms with van der Waals surface area (Å²) in [6.07, 6.45) is 54.2. The Hall–Kier alpha value is -1.63. The van der Waals surface area contributed by atoms with E-state index in [1.165, 1.54) is 205 Å². The van der Waals surface area contributed by atoms with Crippen LogP contribution in [0, 0.1) is 0 Å². The number of aliphatic hydroxyl groups excluding tert-OH is 6. The molecule has 0 aromatic heterocycles. The molecule has 1 saturated heterocycles. The summed E-state index contributed by atoms with van der Waals surface area (Å²) in [6.45, 7) is 3.61. The molecule has 70 heavy (non-hydrogen) atoms. The van der Waals surface area contributed by atoms with Gasteiger partial charge in [-0.15, -0.1) is 0 Å². The maximum atomic E-state index is 13.1. The predicted octanol–water partition coefficient (Wildman–Crippen LogP) is 13.7. The van der Waals surface area contributed by atoms with Crippen molar-refractivity contribution in [3.63, 3.8) is 0 Å². The standard InChI is InChI=1S/C60H113NO9/c1-3-5-7-9-11-13-15-16-17-18-19-20-21-22-23-24-25-26-27-28-29-30-31-32-33-34-35-36-37-39-41-43-45-47-49-54(64)59(68)61-52(51-69-60-58(67)57(66)56(65)55(50-62)70-60)53(63)48-46-44-42-40-38-14-12-10-8-6-4-2/h21-22,24-25,46,48,52-58,60,62-67H,3-20,23,26-45,47,49-51H2,1-2H3,(H,61,68)/b22-21-,25-24-,48-46+. The predicted molar refractivity (Wildman–Crippen MR) is 292 cm³/mol. The fourth-order valence-corrected chi connectivity index (χ4v) is 9.49. The molecule has 0 aromatic carbocycles. The maximum absolute atomic E-state index is 13.1. The zero-order chi connectivity index (χ0) is 51.0. The van der Waals surface area contributed by atoms with Gasteiger partial charge in [0, 0.05) is 0 Å². The third-order valence-corrected chi connectivity index (χ3v) is 14.3. The van der Waals surface area contributed by atoms with Crippen LogP contribution in [0.2, 0.25) is 0 Å². The van der Waals surface area contributed by atoms with Gasteiger partial charge in [0.1, 0.15) is 30.5 Å². The maximum Gasteiger partial charge on any atom is 0.249 e. The van der Waals surface area contributed by atoms with Gasteiger partial charge < -0.3 is 45.4 Å². The summed E-state index contributed by atoms with van der Waals surface area (Å²) >= 11 is 0. The lowest BCUT2D eigenvalue weighted by Gasteiger charge is -2.40. The minimum absolute atomic E-state index is 0.304. The summed E-state index contributed by atoms with van der Waals surface area (Å²) in [7, 11) is 0. The summed E-state index contributed by atoms with van der Waals surface area (Å²) in [5.74, 6) is -0.615. The van der Waals surface area contributed by atoms with Gasteiger partial charge >= 0.3 is 0 Å². The quantitative estimate of drug-likeness (QED) is 0.0232. The molecule has 0 radical (unpaired) electrons. The van der Waals surface area contributed by atoms with Gasteiger partial charge in [0.05, 0.1) is 25.4 Å². The molecule has 0 aliphatic carbocycles. The fourth-order valence-electron chi connectivity index (χ4n) is 9.49. The molecule has 8 atom stereocenters. The lowest BCUT2D eigenvalue weighted by molar-refractivity contribution is -0.302. The Morgan fingerprint density at radius 3 is 1.27 bits per heavy atom. The summed E-state index contributed by atoms with van der Waals surface area (Å²) in [5, 5.41) is 64.8. The third kappa shape index (κ3) is 38.0. The molecule has 1 fully saturated rings. The molecule has 1 aliphatic rings. The first-order chi connectivity index (χ1) is 34.3. The Bertz CT molecular complexity index is 1210. The van der Waals surface area contributed by atoms with Crippen molar-refractivity contribution >= 4 is 5.91 Å². The largest absolute Gasteiger partial charge is 0.394 e. The van der Waals surface area contributed by atoms with Crippen LogP contribution in [0.1, 0.15) is 277 Å². The van der Waals surface area contributed by atoms with E-state index in [9.17, 15) is 35.4 Å². The van der Waals surface area contributed by atoms with E-state index in [0.717, 1.165) is 51.4 Å². The Kier molecular flexibility index (Phi) is 47.0. The normalized spacial score (nSPS) is 20.0. The smallest absolute Gasteiger partial charge is 0.249 e. The van der Waals surface area contributed by atoms with Gasteiger partial charge in [-0.25, -0.2) is 0 Å². The summed E-state index contributed by atoms with van der Waals surface area (Å²) in [6, 6.07) is -0.978. The fraction of sp³-hybridized carbons (Fsp3) is 0.883. The van der Waals surface area contributed by atoms with Crippen molar-refractivity contribution in [2.75, 3.05) is 13.2 Å². The number of unbranched alkanes of at least 4 members (excludes halogenated alkanes) is 36. The lowest BCUT2D eigenvalue weighted by Crippen LogP contribution is -2.60. The van der Waals surface area contributed by atoms with Gasteiger partial charge in [-0.2, -0.15) is 0 Å². The van der Waals surface area contributed by atoms with Crippen molar-refractivity contribution in [3.05, 3.63) is 36.5 Å². The summed E-state index contributed by atoms with van der Waals surface area (Å²) in [5.41, 5.74) is 0. The van der Waals surface area contributed by atoms with Gasteiger partial charge in [0.25, 0.3) is 0 Å². The summed E-state index contributed by atoms with van der Waals surface area (Å²) < 4.78 is 11.2. The second kappa shape index (κ2) is 49.6. The Morgan fingerprint density at radius 1 is 0.500 bits per heavy atom. The first-order valence-electron chi connectivity index (χ1n) is 29.8. The monoisotopic (exact) mass is 992 g/mol. The molecular weight excluding hydrogens is 879 g/mol. The van der Waals surface area contributed by atoms with E-state index >= 15 is 0 Å². The van der Waals surface area contributed by atoms with E-state index in [-0.39, 0.29) is 6.61 Å². The van der Waals surface area contributed by atoms with E-state index in [2.05, 4.69) is 43.5 Å². The number of hydrogen-bond donors (Lipinski definition) is 7. The van der Waals surface area contributed by atoms with Crippen LogP contribution in [-0.4, -0.2) is 98.7 Å². The van der Waals surface area contributed by atoms with Gasteiger partial charge in [0.2, 0.25) is 5.91 Å². The Balaban J connectivity index is 2.11. The van der Waals surface area contributed by atoms with E-state index in [1.54, 1.807) is 6.08 Å². The first kappa shape index (κ1) is 66.4. The molecule has 0 spiro atoms. The zero-order valence-corrected chi connectivity index (χ0v) is 45.4. The van der Waals surface area contributed by atoms with Crippen molar-refractivity contribution in [2.24, 2.45) is 0 Å². The molecule has 10 heteroatoms. The molecule has 0 saturated carbocycles. The topological polar surface area (TPSA) is 169 Å². The van der Waals surface area contributed by atoms with Crippen molar-refractivity contribution < 1.29 is 44.9 Å². The molecule has 7 N–H and O–H groups in total.